The van der Waals surface area contributed by atoms with E-state index in [1.807, 2.05) is 44.4 Å². The van der Waals surface area contributed by atoms with Crippen LogP contribution in [0.15, 0.2) is 42.7 Å². The van der Waals surface area contributed by atoms with E-state index in [2.05, 4.69) is 10.1 Å². The van der Waals surface area contributed by atoms with Crippen molar-refractivity contribution >= 4 is 11.8 Å². The largest absolute Gasteiger partial charge is 0.465 e. The maximum atomic E-state index is 11.8. The molecule has 6 heteroatoms. The number of ether oxygens (including phenoxy) is 1. The average molecular weight is 322 g/mol. The smallest absolute Gasteiger partial charge is 0.338 e. The molecular formula is C18H18N4O2. The Morgan fingerprint density at radius 1 is 1.25 bits per heavy atom. The monoisotopic (exact) mass is 322 g/mol. The fourth-order valence-electron chi connectivity index (χ4n) is 2.71. The van der Waals surface area contributed by atoms with Crippen LogP contribution in [0.2, 0.25) is 0 Å². The first-order chi connectivity index (χ1) is 11.5. The van der Waals surface area contributed by atoms with Crippen LogP contribution in [0.5, 0.6) is 0 Å². The Bertz CT molecular complexity index is 915. The zero-order valence-electron chi connectivity index (χ0n) is 13.8. The molecule has 0 aliphatic heterocycles. The van der Waals surface area contributed by atoms with Crippen molar-refractivity contribution in [2.75, 3.05) is 12.8 Å². The number of aromatic nitrogens is 3. The van der Waals surface area contributed by atoms with E-state index in [0.717, 1.165) is 27.9 Å². The van der Waals surface area contributed by atoms with Crippen molar-refractivity contribution in [1.29, 1.82) is 0 Å². The quantitative estimate of drug-likeness (QED) is 0.750. The van der Waals surface area contributed by atoms with Crippen LogP contribution in [0, 0.1) is 6.92 Å². The summed E-state index contributed by atoms with van der Waals surface area (Å²) in [6, 6.07) is 9.31. The van der Waals surface area contributed by atoms with Crippen molar-refractivity contribution in [3.8, 4) is 22.4 Å². The number of benzene rings is 1. The summed E-state index contributed by atoms with van der Waals surface area (Å²) >= 11 is 0. The second-order valence-corrected chi connectivity index (χ2v) is 5.51. The number of hydrogen-bond acceptors (Lipinski definition) is 5. The van der Waals surface area contributed by atoms with Crippen molar-refractivity contribution in [3.05, 3.63) is 53.9 Å². The van der Waals surface area contributed by atoms with Gasteiger partial charge in [0.15, 0.2) is 0 Å². The number of nitrogens with two attached hydrogens (primary N) is 1. The lowest BCUT2D eigenvalue weighted by atomic mass is 9.95. The predicted octanol–water partition coefficient (Wildman–Crippen LogP) is 2.83. The number of aryl methyl sites for hydroxylation is 2. The molecule has 6 nitrogen and oxygen atoms in total. The molecule has 2 heterocycles. The van der Waals surface area contributed by atoms with E-state index in [0.29, 0.717) is 11.4 Å². The molecule has 2 N–H and O–H groups in total. The number of nitrogens with zero attached hydrogens (tertiary/aromatic N) is 3. The number of carbonyl (C=O) groups is 1. The molecule has 0 atom stereocenters. The Morgan fingerprint density at radius 2 is 2.04 bits per heavy atom. The van der Waals surface area contributed by atoms with Crippen molar-refractivity contribution in [3.63, 3.8) is 0 Å². The normalized spacial score (nSPS) is 10.6. The van der Waals surface area contributed by atoms with E-state index in [1.54, 1.807) is 16.9 Å². The summed E-state index contributed by atoms with van der Waals surface area (Å²) in [4.78, 5) is 16.0. The fraction of sp³-hybridized carbons (Fsp3) is 0.167. The first-order valence-electron chi connectivity index (χ1n) is 7.45. The van der Waals surface area contributed by atoms with Gasteiger partial charge in [0.2, 0.25) is 0 Å². The van der Waals surface area contributed by atoms with E-state index in [1.165, 1.54) is 7.11 Å². The highest BCUT2D eigenvalue weighted by molar-refractivity contribution is 5.94. The second kappa shape index (κ2) is 6.16. The first kappa shape index (κ1) is 15.7. The molecule has 122 valence electrons. The lowest BCUT2D eigenvalue weighted by Crippen LogP contribution is -2.04. The predicted molar refractivity (Wildman–Crippen MR) is 92.4 cm³/mol. The van der Waals surface area contributed by atoms with Gasteiger partial charge in [0, 0.05) is 30.6 Å². The molecule has 0 saturated heterocycles. The summed E-state index contributed by atoms with van der Waals surface area (Å²) in [6.45, 7) is 1.86. The number of anilines is 1. The molecule has 0 unspecified atom stereocenters. The Labute approximate surface area is 139 Å². The van der Waals surface area contributed by atoms with Crippen LogP contribution in [-0.4, -0.2) is 27.8 Å². The maximum absolute atomic E-state index is 11.8. The SMILES string of the molecule is COC(=O)c1ccc(-c2c(-c3ccn(C)n3)ccnc2N)cc1C. The lowest BCUT2D eigenvalue weighted by molar-refractivity contribution is 0.0600. The molecule has 0 spiro atoms. The van der Waals surface area contributed by atoms with Gasteiger partial charge in [0.05, 0.1) is 18.4 Å². The zero-order valence-corrected chi connectivity index (χ0v) is 13.8. The molecule has 0 fully saturated rings. The van der Waals surface area contributed by atoms with E-state index < -0.39 is 0 Å². The van der Waals surface area contributed by atoms with E-state index >= 15 is 0 Å². The third-order valence-electron chi connectivity index (χ3n) is 3.89. The summed E-state index contributed by atoms with van der Waals surface area (Å²) in [5, 5.41) is 4.45. The number of methoxy groups -OCH3 is 1. The van der Waals surface area contributed by atoms with Gasteiger partial charge >= 0.3 is 5.97 Å². The number of nitrogen functional groups attached to an aromatic ring is 1. The first-order valence-corrected chi connectivity index (χ1v) is 7.45. The van der Waals surface area contributed by atoms with Crippen LogP contribution < -0.4 is 5.73 Å². The topological polar surface area (TPSA) is 83.0 Å². The molecule has 0 aliphatic carbocycles. The highest BCUT2D eigenvalue weighted by Gasteiger charge is 2.16. The molecule has 0 amide bonds. The van der Waals surface area contributed by atoms with Crippen LogP contribution >= 0.6 is 0 Å². The summed E-state index contributed by atoms with van der Waals surface area (Å²) in [7, 11) is 3.23. The fourth-order valence-corrected chi connectivity index (χ4v) is 2.71. The van der Waals surface area contributed by atoms with Gasteiger partial charge in [-0.15, -0.1) is 0 Å². The number of rotatable bonds is 3. The lowest BCUT2D eigenvalue weighted by Gasteiger charge is -2.12. The summed E-state index contributed by atoms with van der Waals surface area (Å²) < 4.78 is 6.53. The minimum atomic E-state index is -0.358. The van der Waals surface area contributed by atoms with Gasteiger partial charge in [-0.2, -0.15) is 5.10 Å². The van der Waals surface area contributed by atoms with Crippen LogP contribution in [-0.2, 0) is 11.8 Å². The Hall–Kier alpha value is -3.15. The van der Waals surface area contributed by atoms with Gasteiger partial charge in [0.1, 0.15) is 5.82 Å². The molecule has 0 bridgehead atoms. The molecule has 2 aromatic heterocycles. The van der Waals surface area contributed by atoms with Gasteiger partial charge in [-0.3, -0.25) is 4.68 Å². The second-order valence-electron chi connectivity index (χ2n) is 5.51. The van der Waals surface area contributed by atoms with Gasteiger partial charge in [0.25, 0.3) is 0 Å². The highest BCUT2D eigenvalue weighted by Crippen LogP contribution is 2.35. The van der Waals surface area contributed by atoms with Gasteiger partial charge in [-0.05, 0) is 36.2 Å². The number of esters is 1. The Kier molecular flexibility index (Phi) is 4.04. The standard InChI is InChI=1S/C18H18N4O2/c1-11-10-12(4-5-13(11)18(23)24-3)16-14(6-8-20-17(16)19)15-7-9-22(2)21-15/h4-10H,1-3H3,(H2,19,20). The number of hydrogen-bond donors (Lipinski definition) is 1. The van der Waals surface area contributed by atoms with Crippen molar-refractivity contribution in [2.45, 2.75) is 6.92 Å². The van der Waals surface area contributed by atoms with E-state index in [9.17, 15) is 4.79 Å². The third kappa shape index (κ3) is 2.74. The van der Waals surface area contributed by atoms with Gasteiger partial charge in [-0.1, -0.05) is 12.1 Å². The average Bonchev–Trinajstić information content (AvgIpc) is 3.00. The molecule has 1 aromatic carbocycles. The molecule has 0 radical (unpaired) electrons. The minimum Gasteiger partial charge on any atom is -0.465 e. The number of pyridine rings is 1. The number of carbonyl (C=O) groups excluding carboxylic acids is 1. The van der Waals surface area contributed by atoms with Crippen LogP contribution in [0.25, 0.3) is 22.4 Å². The Morgan fingerprint density at radius 3 is 2.67 bits per heavy atom. The molecule has 0 saturated carbocycles. The molecular weight excluding hydrogens is 304 g/mol. The molecule has 3 aromatic rings. The molecule has 3 rings (SSSR count). The van der Waals surface area contributed by atoms with Crippen LogP contribution in [0.3, 0.4) is 0 Å². The van der Waals surface area contributed by atoms with Crippen LogP contribution in [0.1, 0.15) is 15.9 Å². The van der Waals surface area contributed by atoms with Crippen molar-refractivity contribution < 1.29 is 9.53 Å². The van der Waals surface area contributed by atoms with Crippen molar-refractivity contribution in [1.82, 2.24) is 14.8 Å². The van der Waals surface area contributed by atoms with E-state index in [4.69, 9.17) is 10.5 Å². The zero-order chi connectivity index (χ0) is 17.3. The summed E-state index contributed by atoms with van der Waals surface area (Å²) in [6.07, 6.45) is 3.54. The molecule has 24 heavy (non-hydrogen) atoms. The van der Waals surface area contributed by atoms with Gasteiger partial charge < -0.3 is 10.5 Å². The van der Waals surface area contributed by atoms with E-state index in [-0.39, 0.29) is 5.97 Å². The third-order valence-corrected chi connectivity index (χ3v) is 3.89. The summed E-state index contributed by atoms with van der Waals surface area (Å²) in [5.41, 5.74) is 10.9. The molecule has 0 aliphatic rings. The summed E-state index contributed by atoms with van der Waals surface area (Å²) in [5.74, 6) is 0.0616. The van der Waals surface area contributed by atoms with Crippen molar-refractivity contribution in [2.24, 2.45) is 7.05 Å². The minimum absolute atomic E-state index is 0.358. The van der Waals surface area contributed by atoms with Gasteiger partial charge in [-0.25, -0.2) is 9.78 Å². The van der Waals surface area contributed by atoms with Crippen LogP contribution in [0.4, 0.5) is 5.82 Å². The maximum Gasteiger partial charge on any atom is 0.338 e. The highest BCUT2D eigenvalue weighted by atomic mass is 16.5. The Balaban J connectivity index is 2.16.